The molecule has 6 aromatic rings. The SMILES string of the molecule is CCCCCCc1ccc(-c2ccc(-c3ccc(C45CCC(c6ccc(-c7ccc(C89CCC(c%10ccc(B%11OC(C)(C)C(C)(C)O%11)cc%10)(CC8)CC9)cc7)cc6)(CC4)CC5)cc3)cc2)cc1. The second-order valence-electron chi connectivity index (χ2n) is 23.1. The van der Waals surface area contributed by atoms with Crippen molar-refractivity contribution in [2.45, 2.75) is 177 Å². The van der Waals surface area contributed by atoms with Gasteiger partial charge in [-0.25, -0.2) is 0 Å². The molecule has 7 fully saturated rings. The molecule has 2 nitrogen and oxygen atoms in total. The lowest BCUT2D eigenvalue weighted by molar-refractivity contribution is 0.00578. The molecule has 1 heterocycles. The summed E-state index contributed by atoms with van der Waals surface area (Å²) in [5, 5.41) is 0. The Kier molecular flexibility index (Phi) is 11.6. The summed E-state index contributed by atoms with van der Waals surface area (Å²) in [5.41, 5.74) is 17.3. The van der Waals surface area contributed by atoms with E-state index in [1.165, 1.54) is 154 Å². The van der Waals surface area contributed by atoms with Gasteiger partial charge < -0.3 is 9.31 Å². The highest BCUT2D eigenvalue weighted by Gasteiger charge is 2.53. The number of unbranched alkanes of at least 4 members (excludes halogenated alkanes) is 3. The van der Waals surface area contributed by atoms with Crippen LogP contribution in [0.2, 0.25) is 0 Å². The molecule has 0 amide bonds. The summed E-state index contributed by atoms with van der Waals surface area (Å²) >= 11 is 0. The zero-order chi connectivity index (χ0) is 45.9. The topological polar surface area (TPSA) is 18.5 Å². The third-order valence-corrected chi connectivity index (χ3v) is 19.2. The highest BCUT2D eigenvalue weighted by Crippen LogP contribution is 2.60. The van der Waals surface area contributed by atoms with Crippen LogP contribution in [0.25, 0.3) is 33.4 Å². The molecule has 0 radical (unpaired) electrons. The van der Waals surface area contributed by atoms with E-state index in [2.05, 4.69) is 180 Å². The molecule has 344 valence electrons. The summed E-state index contributed by atoms with van der Waals surface area (Å²) in [6, 6.07) is 57.0. The normalized spacial score (nSPS) is 27.1. The van der Waals surface area contributed by atoms with Crippen molar-refractivity contribution in [3.8, 4) is 33.4 Å². The number of benzene rings is 6. The molecule has 1 aliphatic heterocycles. The lowest BCUT2D eigenvalue weighted by atomic mass is 9.50. The summed E-state index contributed by atoms with van der Waals surface area (Å²) in [6.07, 6.45) is 21.8. The van der Waals surface area contributed by atoms with Gasteiger partial charge >= 0.3 is 7.12 Å². The van der Waals surface area contributed by atoms with Crippen LogP contribution in [0.15, 0.2) is 146 Å². The van der Waals surface area contributed by atoms with Crippen LogP contribution in [-0.2, 0) is 37.4 Å². The molecule has 3 heteroatoms. The Labute approximate surface area is 403 Å². The molecule has 0 aromatic heterocycles. The number of fused-ring (bicyclic) bond motifs is 6. The molecular weight excluding hydrogens is 812 g/mol. The van der Waals surface area contributed by atoms with Gasteiger partial charge in [0.15, 0.2) is 0 Å². The van der Waals surface area contributed by atoms with Crippen molar-refractivity contribution < 1.29 is 9.31 Å². The van der Waals surface area contributed by atoms with Crippen molar-refractivity contribution in [1.29, 1.82) is 0 Å². The van der Waals surface area contributed by atoms with E-state index in [0.29, 0.717) is 21.7 Å². The molecular formula is C64H73BO2. The standard InChI is InChI=1S/C64H73BO2/c1-6-7-8-9-10-47-11-13-48(14-12-47)49-15-17-50(18-16-49)51-19-25-54(26-20-51)61-35-38-62(39-36-61,40-37-61)55-27-21-52(22-28-55)53-23-29-56(30-24-53)63-41-44-64(45-42-63,46-43-63)57-31-33-58(34-32-57)65-66-59(2,3)60(4,5)67-65/h11-34H,6-10,35-46H2,1-5H3. The minimum Gasteiger partial charge on any atom is -0.399 e. The molecule has 0 N–H and O–H groups in total. The van der Waals surface area contributed by atoms with Gasteiger partial charge in [0.25, 0.3) is 0 Å². The predicted octanol–water partition coefficient (Wildman–Crippen LogP) is 16.2. The van der Waals surface area contributed by atoms with Crippen LogP contribution in [0.1, 0.15) is 165 Å². The lowest BCUT2D eigenvalue weighted by Gasteiger charge is -2.54. The average Bonchev–Trinajstić information content (AvgIpc) is 3.62. The highest BCUT2D eigenvalue weighted by atomic mass is 16.7. The average molecular weight is 885 g/mol. The largest absolute Gasteiger partial charge is 0.494 e. The highest BCUT2D eigenvalue weighted by molar-refractivity contribution is 6.62. The summed E-state index contributed by atoms with van der Waals surface area (Å²) in [7, 11) is -0.298. The second-order valence-corrected chi connectivity index (χ2v) is 23.1. The van der Waals surface area contributed by atoms with E-state index in [1.54, 1.807) is 16.7 Å². The van der Waals surface area contributed by atoms with Crippen LogP contribution in [0, 0.1) is 0 Å². The van der Waals surface area contributed by atoms with Crippen LogP contribution in [-0.4, -0.2) is 18.3 Å². The minimum absolute atomic E-state index is 0.298. The molecule has 6 saturated carbocycles. The Morgan fingerprint density at radius 2 is 0.612 bits per heavy atom. The van der Waals surface area contributed by atoms with E-state index in [1.807, 2.05) is 0 Å². The fourth-order valence-corrected chi connectivity index (χ4v) is 13.6. The first-order chi connectivity index (χ1) is 32.4. The van der Waals surface area contributed by atoms with E-state index >= 15 is 0 Å². The molecule has 0 spiro atoms. The summed E-state index contributed by atoms with van der Waals surface area (Å²) in [5.74, 6) is 0. The molecule has 0 atom stereocenters. The van der Waals surface area contributed by atoms with Gasteiger partial charge in [-0.05, 0) is 206 Å². The Bertz CT molecular complexity index is 2590. The fourth-order valence-electron chi connectivity index (χ4n) is 13.6. The van der Waals surface area contributed by atoms with Crippen molar-refractivity contribution >= 4 is 12.6 Å². The maximum Gasteiger partial charge on any atom is 0.494 e. The predicted molar refractivity (Wildman–Crippen MR) is 281 cm³/mol. The Morgan fingerprint density at radius 3 is 0.910 bits per heavy atom. The van der Waals surface area contributed by atoms with Gasteiger partial charge in [-0.1, -0.05) is 172 Å². The van der Waals surface area contributed by atoms with Gasteiger partial charge in [0.1, 0.15) is 0 Å². The third-order valence-electron chi connectivity index (χ3n) is 19.2. The van der Waals surface area contributed by atoms with Gasteiger partial charge in [-0.15, -0.1) is 0 Å². The number of hydrogen-bond acceptors (Lipinski definition) is 2. The Balaban J connectivity index is 0.685. The van der Waals surface area contributed by atoms with Crippen LogP contribution >= 0.6 is 0 Å². The first-order valence-electron chi connectivity index (χ1n) is 26.4. The molecule has 1 saturated heterocycles. The molecule has 13 rings (SSSR count). The minimum atomic E-state index is -0.319. The molecule has 6 aliphatic carbocycles. The Morgan fingerprint density at radius 1 is 0.343 bits per heavy atom. The lowest BCUT2D eigenvalue weighted by Crippen LogP contribution is -2.46. The number of rotatable bonds is 13. The second kappa shape index (κ2) is 17.4. The van der Waals surface area contributed by atoms with Gasteiger partial charge in [0.2, 0.25) is 0 Å². The summed E-state index contributed by atoms with van der Waals surface area (Å²) in [4.78, 5) is 0. The van der Waals surface area contributed by atoms with Crippen LogP contribution in [0.5, 0.6) is 0 Å². The van der Waals surface area contributed by atoms with E-state index in [0.717, 1.165) is 5.46 Å². The van der Waals surface area contributed by atoms with Crippen molar-refractivity contribution in [1.82, 2.24) is 0 Å². The fraction of sp³-hybridized carbons (Fsp3) is 0.438. The smallest absolute Gasteiger partial charge is 0.399 e. The van der Waals surface area contributed by atoms with E-state index < -0.39 is 0 Å². The van der Waals surface area contributed by atoms with E-state index in [-0.39, 0.29) is 18.3 Å². The molecule has 0 unspecified atom stereocenters. The first kappa shape index (κ1) is 44.8. The molecule has 6 aromatic carbocycles. The van der Waals surface area contributed by atoms with Gasteiger partial charge in [-0.2, -0.15) is 0 Å². The van der Waals surface area contributed by atoms with Gasteiger partial charge in [0.05, 0.1) is 11.2 Å². The maximum absolute atomic E-state index is 6.36. The zero-order valence-electron chi connectivity index (χ0n) is 41.3. The van der Waals surface area contributed by atoms with Gasteiger partial charge in [0, 0.05) is 0 Å². The summed E-state index contributed by atoms with van der Waals surface area (Å²) in [6.45, 7) is 10.8. The first-order valence-corrected chi connectivity index (χ1v) is 26.4. The van der Waals surface area contributed by atoms with Crippen LogP contribution < -0.4 is 5.46 Å². The summed E-state index contributed by atoms with van der Waals surface area (Å²) < 4.78 is 12.7. The van der Waals surface area contributed by atoms with Crippen molar-refractivity contribution in [2.75, 3.05) is 0 Å². The van der Waals surface area contributed by atoms with Crippen LogP contribution in [0.3, 0.4) is 0 Å². The van der Waals surface area contributed by atoms with E-state index in [4.69, 9.17) is 9.31 Å². The Hall–Kier alpha value is -4.70. The molecule has 7 aliphatic rings. The zero-order valence-corrected chi connectivity index (χ0v) is 41.3. The van der Waals surface area contributed by atoms with Crippen molar-refractivity contribution in [3.63, 3.8) is 0 Å². The van der Waals surface area contributed by atoms with Crippen molar-refractivity contribution in [2.24, 2.45) is 0 Å². The monoisotopic (exact) mass is 885 g/mol. The molecule has 4 bridgehead atoms. The quantitative estimate of drug-likeness (QED) is 0.0850. The number of hydrogen-bond donors (Lipinski definition) is 0. The van der Waals surface area contributed by atoms with Gasteiger partial charge in [-0.3, -0.25) is 0 Å². The molecule has 67 heavy (non-hydrogen) atoms. The number of aryl methyl sites for hydroxylation is 1. The third kappa shape index (κ3) is 8.18. The van der Waals surface area contributed by atoms with Crippen molar-refractivity contribution in [3.05, 3.63) is 173 Å². The maximum atomic E-state index is 6.36. The van der Waals surface area contributed by atoms with Crippen LogP contribution in [0.4, 0.5) is 0 Å². The van der Waals surface area contributed by atoms with E-state index in [9.17, 15) is 0 Å².